The smallest absolute Gasteiger partial charge is 0.417 e. The Bertz CT molecular complexity index is 659. The van der Waals surface area contributed by atoms with Crippen molar-refractivity contribution in [2.75, 3.05) is 11.9 Å². The molecule has 1 aliphatic heterocycles. The molecule has 132 valence electrons. The molecule has 9 heteroatoms. The molecule has 1 aromatic rings. The Morgan fingerprint density at radius 1 is 1.29 bits per heavy atom. The number of carboxylic acid groups (broad SMARTS) is 1. The van der Waals surface area contributed by atoms with Crippen LogP contribution in [-0.4, -0.2) is 45.4 Å². The molecule has 1 heterocycles. The highest BCUT2D eigenvalue weighted by atomic mass is 19.4. The number of nitrogens with one attached hydrogen (secondary N) is 1. The van der Waals surface area contributed by atoms with Gasteiger partial charge in [0.15, 0.2) is 5.60 Å². The topological polar surface area (TPSA) is 89.9 Å². The summed E-state index contributed by atoms with van der Waals surface area (Å²) in [6.07, 6.45) is -6.58. The molecule has 1 aliphatic rings. The van der Waals surface area contributed by atoms with E-state index in [1.54, 1.807) is 12.1 Å². The summed E-state index contributed by atoms with van der Waals surface area (Å²) in [5.74, 6) is -0.958. The maximum absolute atomic E-state index is 12.6. The zero-order valence-electron chi connectivity index (χ0n) is 12.9. The molecule has 0 aromatic heterocycles. The van der Waals surface area contributed by atoms with Crippen LogP contribution >= 0.6 is 0 Å². The second kappa shape index (κ2) is 6.31. The van der Waals surface area contributed by atoms with Gasteiger partial charge in [0.25, 0.3) is 0 Å². The highest BCUT2D eigenvalue weighted by Crippen LogP contribution is 2.33. The van der Waals surface area contributed by atoms with Crippen molar-refractivity contribution in [2.24, 2.45) is 0 Å². The SMILES string of the molecule is CC(O)(CC(=O)Nc1ccc2c(c1)CCN(C(=O)O)C2)C(F)(F)F. The summed E-state index contributed by atoms with van der Waals surface area (Å²) in [5, 5.41) is 20.6. The van der Waals surface area contributed by atoms with Gasteiger partial charge in [-0.15, -0.1) is 0 Å². The first-order chi connectivity index (χ1) is 11.0. The molecule has 0 radical (unpaired) electrons. The Kier molecular flexibility index (Phi) is 4.75. The van der Waals surface area contributed by atoms with Crippen LogP contribution in [0.2, 0.25) is 0 Å². The Morgan fingerprint density at radius 2 is 1.96 bits per heavy atom. The van der Waals surface area contributed by atoms with E-state index in [4.69, 9.17) is 5.11 Å². The molecule has 6 nitrogen and oxygen atoms in total. The highest BCUT2D eigenvalue weighted by Gasteiger charge is 2.50. The molecular formula is C15H17F3N2O4. The standard InChI is InChI=1S/C15H17F3N2O4/c1-14(24,15(16,17)18)7-12(21)19-11-3-2-10-8-20(13(22)23)5-4-9(10)6-11/h2-3,6,24H,4-5,7-8H2,1H3,(H,19,21)(H,22,23). The minimum absolute atomic E-state index is 0.224. The number of carbonyl (C=O) groups is 2. The number of fused-ring (bicyclic) bond motifs is 1. The Balaban J connectivity index is 2.05. The zero-order valence-corrected chi connectivity index (χ0v) is 12.9. The second-order valence-corrected chi connectivity index (χ2v) is 5.93. The lowest BCUT2D eigenvalue weighted by Gasteiger charge is -2.27. The van der Waals surface area contributed by atoms with E-state index in [2.05, 4.69) is 5.32 Å². The van der Waals surface area contributed by atoms with Crippen LogP contribution in [-0.2, 0) is 17.8 Å². The van der Waals surface area contributed by atoms with Gasteiger partial charge in [0.05, 0.1) is 6.42 Å². The summed E-state index contributed by atoms with van der Waals surface area (Å²) in [7, 11) is 0. The van der Waals surface area contributed by atoms with Crippen molar-refractivity contribution in [1.29, 1.82) is 0 Å². The molecule has 2 amide bonds. The van der Waals surface area contributed by atoms with Crippen molar-refractivity contribution in [1.82, 2.24) is 4.90 Å². The van der Waals surface area contributed by atoms with Crippen molar-refractivity contribution in [3.05, 3.63) is 29.3 Å². The average molecular weight is 346 g/mol. The summed E-state index contributed by atoms with van der Waals surface area (Å²) in [5.41, 5.74) is -1.19. The van der Waals surface area contributed by atoms with E-state index < -0.39 is 30.2 Å². The molecule has 2 rings (SSSR count). The molecule has 0 saturated carbocycles. The monoisotopic (exact) mass is 346 g/mol. The molecule has 1 atom stereocenters. The highest BCUT2D eigenvalue weighted by molar-refractivity contribution is 5.91. The number of aliphatic hydroxyl groups is 1. The van der Waals surface area contributed by atoms with Gasteiger partial charge in [-0.2, -0.15) is 13.2 Å². The fraction of sp³-hybridized carbons (Fsp3) is 0.467. The number of nitrogens with zero attached hydrogens (tertiary/aromatic N) is 1. The molecule has 0 bridgehead atoms. The maximum atomic E-state index is 12.6. The van der Waals surface area contributed by atoms with Crippen LogP contribution in [0.3, 0.4) is 0 Å². The van der Waals surface area contributed by atoms with E-state index in [1.165, 1.54) is 11.0 Å². The summed E-state index contributed by atoms with van der Waals surface area (Å²) >= 11 is 0. The van der Waals surface area contributed by atoms with Crippen molar-refractivity contribution in [3.63, 3.8) is 0 Å². The van der Waals surface area contributed by atoms with Crippen molar-refractivity contribution < 1.29 is 33.0 Å². The Hall–Kier alpha value is -2.29. The second-order valence-electron chi connectivity index (χ2n) is 5.93. The number of hydrogen-bond donors (Lipinski definition) is 3. The molecule has 0 saturated heterocycles. The molecule has 3 N–H and O–H groups in total. The fourth-order valence-electron chi connectivity index (χ4n) is 2.41. The van der Waals surface area contributed by atoms with Crippen LogP contribution in [0.1, 0.15) is 24.5 Å². The number of carbonyl (C=O) groups excluding carboxylic acids is 1. The van der Waals surface area contributed by atoms with Gasteiger partial charge in [0.1, 0.15) is 0 Å². The van der Waals surface area contributed by atoms with Gasteiger partial charge in [0.2, 0.25) is 5.91 Å². The largest absolute Gasteiger partial charge is 0.465 e. The van der Waals surface area contributed by atoms with Gasteiger partial charge in [-0.05, 0) is 36.6 Å². The number of hydrogen-bond acceptors (Lipinski definition) is 3. The number of benzene rings is 1. The Morgan fingerprint density at radius 3 is 2.54 bits per heavy atom. The van der Waals surface area contributed by atoms with E-state index in [0.717, 1.165) is 11.1 Å². The number of alkyl halides is 3. The van der Waals surface area contributed by atoms with Crippen molar-refractivity contribution in [3.8, 4) is 0 Å². The summed E-state index contributed by atoms with van der Waals surface area (Å²) < 4.78 is 37.7. The maximum Gasteiger partial charge on any atom is 0.417 e. The van der Waals surface area contributed by atoms with E-state index in [9.17, 15) is 27.9 Å². The van der Waals surface area contributed by atoms with Crippen molar-refractivity contribution in [2.45, 2.75) is 38.1 Å². The van der Waals surface area contributed by atoms with Gasteiger partial charge in [0, 0.05) is 18.8 Å². The lowest BCUT2D eigenvalue weighted by Crippen LogP contribution is -2.44. The van der Waals surface area contributed by atoms with E-state index in [1.807, 2.05) is 0 Å². The van der Waals surface area contributed by atoms with Crippen LogP contribution in [0, 0.1) is 0 Å². The number of rotatable bonds is 3. The van der Waals surface area contributed by atoms with Gasteiger partial charge in [-0.25, -0.2) is 4.79 Å². The molecular weight excluding hydrogens is 329 g/mol. The normalized spacial score (nSPS) is 17.0. The predicted molar refractivity (Wildman–Crippen MR) is 78.5 cm³/mol. The lowest BCUT2D eigenvalue weighted by atomic mass is 9.98. The third kappa shape index (κ3) is 3.97. The predicted octanol–water partition coefficient (Wildman–Crippen LogP) is 2.36. The van der Waals surface area contributed by atoms with Crippen LogP contribution in [0.25, 0.3) is 0 Å². The first kappa shape index (κ1) is 18.1. The molecule has 0 aliphatic carbocycles. The summed E-state index contributed by atoms with van der Waals surface area (Å²) in [4.78, 5) is 23.9. The molecule has 0 spiro atoms. The Labute approximate surface area is 135 Å². The molecule has 0 fully saturated rings. The van der Waals surface area contributed by atoms with Crippen LogP contribution < -0.4 is 5.32 Å². The molecule has 1 unspecified atom stereocenters. The average Bonchev–Trinajstić information content (AvgIpc) is 2.44. The van der Waals surface area contributed by atoms with Crippen LogP contribution in [0.15, 0.2) is 18.2 Å². The van der Waals surface area contributed by atoms with Gasteiger partial charge in [-0.1, -0.05) is 6.07 Å². The fourth-order valence-corrected chi connectivity index (χ4v) is 2.41. The number of anilines is 1. The zero-order chi connectivity index (χ0) is 18.1. The van der Waals surface area contributed by atoms with E-state index >= 15 is 0 Å². The van der Waals surface area contributed by atoms with E-state index in [0.29, 0.717) is 25.6 Å². The summed E-state index contributed by atoms with van der Waals surface area (Å²) in [6.45, 7) is 1.07. The number of halogens is 3. The van der Waals surface area contributed by atoms with Gasteiger partial charge in [-0.3, -0.25) is 4.79 Å². The van der Waals surface area contributed by atoms with Crippen LogP contribution in [0.4, 0.5) is 23.7 Å². The summed E-state index contributed by atoms with van der Waals surface area (Å²) in [6, 6.07) is 4.72. The third-order valence-electron chi connectivity index (χ3n) is 3.89. The minimum Gasteiger partial charge on any atom is -0.465 e. The van der Waals surface area contributed by atoms with Gasteiger partial charge < -0.3 is 20.4 Å². The third-order valence-corrected chi connectivity index (χ3v) is 3.89. The number of amides is 2. The molecule has 24 heavy (non-hydrogen) atoms. The van der Waals surface area contributed by atoms with Crippen molar-refractivity contribution >= 4 is 17.7 Å². The molecule has 1 aromatic carbocycles. The minimum atomic E-state index is -4.90. The first-order valence-corrected chi connectivity index (χ1v) is 7.18. The van der Waals surface area contributed by atoms with Gasteiger partial charge >= 0.3 is 12.3 Å². The van der Waals surface area contributed by atoms with Crippen LogP contribution in [0.5, 0.6) is 0 Å². The quantitative estimate of drug-likeness (QED) is 0.784. The lowest BCUT2D eigenvalue weighted by molar-refractivity contribution is -0.252. The van der Waals surface area contributed by atoms with E-state index in [-0.39, 0.29) is 6.54 Å². The first-order valence-electron chi connectivity index (χ1n) is 7.18.